The number of nitrogens with zero attached hydrogens (tertiary/aromatic N) is 1. The van der Waals surface area contributed by atoms with E-state index in [1.807, 2.05) is 0 Å². The van der Waals surface area contributed by atoms with Crippen molar-refractivity contribution in [3.05, 3.63) is 0 Å². The first-order valence-corrected chi connectivity index (χ1v) is 5.74. The average Bonchev–Trinajstić information content (AvgIpc) is 2.07. The van der Waals surface area contributed by atoms with Crippen LogP contribution in [0.2, 0.25) is 0 Å². The monoisotopic (exact) mass is 260 g/mol. The molecule has 0 aliphatic carbocycles. The Labute approximate surface area is 97.0 Å². The van der Waals surface area contributed by atoms with Crippen LogP contribution in [0.25, 0.3) is 0 Å². The third-order valence-electron chi connectivity index (χ3n) is 1.72. The molecule has 0 aromatic carbocycles. The Balaban J connectivity index is 3.27. The van der Waals surface area contributed by atoms with Crippen LogP contribution in [0.1, 0.15) is 13.8 Å². The highest BCUT2D eigenvalue weighted by atomic mass is 31.0. The van der Waals surface area contributed by atoms with Crippen molar-refractivity contribution < 1.29 is 17.9 Å². The molecule has 0 spiro atoms. The molecule has 98 valence electrons. The summed E-state index contributed by atoms with van der Waals surface area (Å²) in [7, 11) is 2.60. The number of hydrogen-bond donors (Lipinski definition) is 1. The van der Waals surface area contributed by atoms with Crippen LogP contribution in [0.15, 0.2) is 0 Å². The van der Waals surface area contributed by atoms with E-state index in [2.05, 4.69) is 38.0 Å². The maximum Gasteiger partial charge on any atom is 0.522 e. The van der Waals surface area contributed by atoms with Crippen LogP contribution in [-0.4, -0.2) is 43.8 Å². The lowest BCUT2D eigenvalue weighted by Gasteiger charge is -2.18. The molecule has 0 heterocycles. The Morgan fingerprint density at radius 3 is 2.44 bits per heavy atom. The predicted octanol–water partition coefficient (Wildman–Crippen LogP) is 1.86. The fraction of sp³-hybridized carbons (Fsp3) is 1.00. The van der Waals surface area contributed by atoms with Crippen LogP contribution in [0.3, 0.4) is 0 Å². The van der Waals surface area contributed by atoms with Gasteiger partial charge in [-0.3, -0.25) is 9.41 Å². The van der Waals surface area contributed by atoms with Crippen molar-refractivity contribution in [3.63, 3.8) is 0 Å². The summed E-state index contributed by atoms with van der Waals surface area (Å²) in [5, 5.41) is 2.88. The molecule has 0 saturated heterocycles. The van der Waals surface area contributed by atoms with Crippen molar-refractivity contribution >= 4 is 9.39 Å². The molecule has 0 rings (SSSR count). The van der Waals surface area contributed by atoms with Gasteiger partial charge in [-0.25, -0.2) is 0 Å². The first-order chi connectivity index (χ1) is 7.31. The summed E-state index contributed by atoms with van der Waals surface area (Å²) < 4.78 is 40.4. The van der Waals surface area contributed by atoms with E-state index < -0.39 is 6.36 Å². The second-order valence-electron chi connectivity index (χ2n) is 3.93. The van der Waals surface area contributed by atoms with Crippen LogP contribution in [0, 0.1) is 5.92 Å². The molecule has 0 aliphatic rings. The molecule has 0 saturated carbocycles. The maximum absolute atomic E-state index is 11.6. The van der Waals surface area contributed by atoms with E-state index >= 15 is 0 Å². The molecule has 0 aliphatic heterocycles. The number of hydrogen-bond acceptors (Lipinski definition) is 3. The molecule has 3 nitrogen and oxygen atoms in total. The lowest BCUT2D eigenvalue weighted by molar-refractivity contribution is -0.323. The highest BCUT2D eigenvalue weighted by Gasteiger charge is 2.28. The number of alkyl halides is 3. The zero-order chi connectivity index (χ0) is 12.6. The van der Waals surface area contributed by atoms with Gasteiger partial charge < -0.3 is 5.32 Å². The molecule has 0 amide bonds. The molecular weight excluding hydrogens is 240 g/mol. The van der Waals surface area contributed by atoms with E-state index in [0.29, 0.717) is 12.5 Å². The van der Waals surface area contributed by atoms with Crippen molar-refractivity contribution in [2.45, 2.75) is 20.2 Å². The summed E-state index contributed by atoms with van der Waals surface area (Å²) in [5.41, 5.74) is 0. The zero-order valence-electron chi connectivity index (χ0n) is 9.68. The van der Waals surface area contributed by atoms with E-state index in [1.54, 1.807) is 0 Å². The third kappa shape index (κ3) is 12.2. The minimum absolute atomic E-state index is 0.208. The van der Waals surface area contributed by atoms with Gasteiger partial charge in [-0.1, -0.05) is 23.2 Å². The summed E-state index contributed by atoms with van der Waals surface area (Å²) in [6.45, 7) is 6.48. The SMILES string of the molecule is CC(C)CN(P)CCNCCOC(F)(F)F. The third-order valence-corrected chi connectivity index (χ3v) is 2.19. The largest absolute Gasteiger partial charge is 0.522 e. The van der Waals surface area contributed by atoms with Gasteiger partial charge in [0, 0.05) is 26.2 Å². The molecule has 0 bridgehead atoms. The number of nitrogens with one attached hydrogen (secondary N) is 1. The van der Waals surface area contributed by atoms with E-state index in [4.69, 9.17) is 0 Å². The molecule has 7 heteroatoms. The molecule has 0 radical (unpaired) electrons. The van der Waals surface area contributed by atoms with Gasteiger partial charge in [-0.05, 0) is 5.92 Å². The van der Waals surface area contributed by atoms with E-state index in [9.17, 15) is 13.2 Å². The second-order valence-corrected chi connectivity index (χ2v) is 4.66. The average molecular weight is 260 g/mol. The molecule has 0 fully saturated rings. The highest BCUT2D eigenvalue weighted by Crippen LogP contribution is 2.15. The topological polar surface area (TPSA) is 24.5 Å². The van der Waals surface area contributed by atoms with Crippen LogP contribution < -0.4 is 5.32 Å². The Hall–Kier alpha value is 0.100. The summed E-state index contributed by atoms with van der Waals surface area (Å²) in [6.07, 6.45) is -4.52. The van der Waals surface area contributed by atoms with Crippen molar-refractivity contribution in [1.82, 2.24) is 9.99 Å². The van der Waals surface area contributed by atoms with Gasteiger partial charge in [0.05, 0.1) is 6.61 Å². The smallest absolute Gasteiger partial charge is 0.313 e. The summed E-state index contributed by atoms with van der Waals surface area (Å²) in [5.74, 6) is 0.575. The standard InChI is InChI=1S/C9H20F3N2OP/c1-8(2)7-14(16)5-3-13-4-6-15-9(10,11)12/h8,13H,3-7,16H2,1-2H3. The van der Waals surface area contributed by atoms with Gasteiger partial charge in [0.25, 0.3) is 0 Å². The Morgan fingerprint density at radius 1 is 1.31 bits per heavy atom. The minimum atomic E-state index is -4.52. The second kappa shape index (κ2) is 8.23. The van der Waals surface area contributed by atoms with Crippen LogP contribution >= 0.6 is 9.39 Å². The van der Waals surface area contributed by atoms with Gasteiger partial charge >= 0.3 is 6.36 Å². The van der Waals surface area contributed by atoms with Gasteiger partial charge in [-0.2, -0.15) is 0 Å². The molecule has 1 unspecified atom stereocenters. The number of ether oxygens (including phenoxy) is 1. The van der Waals surface area contributed by atoms with Crippen molar-refractivity contribution in [3.8, 4) is 0 Å². The fourth-order valence-corrected chi connectivity index (χ4v) is 1.70. The van der Waals surface area contributed by atoms with Crippen LogP contribution in [-0.2, 0) is 4.74 Å². The Bertz CT molecular complexity index is 179. The molecule has 0 aromatic rings. The molecule has 0 aromatic heterocycles. The maximum atomic E-state index is 11.6. The summed E-state index contributed by atoms with van der Waals surface area (Å²) >= 11 is 0. The Kier molecular flexibility index (Phi) is 8.28. The highest BCUT2D eigenvalue weighted by molar-refractivity contribution is 7.13. The first kappa shape index (κ1) is 16.1. The summed E-state index contributed by atoms with van der Waals surface area (Å²) in [6, 6.07) is 0. The molecule has 1 N–H and O–H groups in total. The van der Waals surface area contributed by atoms with Crippen molar-refractivity contribution in [2.75, 3.05) is 32.8 Å². The number of rotatable bonds is 8. The molecular formula is C9H20F3N2OP. The normalized spacial score (nSPS) is 12.8. The lowest BCUT2D eigenvalue weighted by atomic mass is 10.2. The predicted molar refractivity (Wildman–Crippen MR) is 61.0 cm³/mol. The van der Waals surface area contributed by atoms with Crippen LogP contribution in [0.4, 0.5) is 13.2 Å². The van der Waals surface area contributed by atoms with E-state index in [0.717, 1.165) is 13.1 Å². The fourth-order valence-electron chi connectivity index (χ4n) is 1.15. The van der Waals surface area contributed by atoms with Gasteiger partial charge in [-0.15, -0.1) is 13.2 Å². The minimum Gasteiger partial charge on any atom is -0.313 e. The molecule has 16 heavy (non-hydrogen) atoms. The van der Waals surface area contributed by atoms with E-state index in [1.165, 1.54) is 0 Å². The molecule has 1 atom stereocenters. The van der Waals surface area contributed by atoms with Crippen molar-refractivity contribution in [2.24, 2.45) is 5.92 Å². The van der Waals surface area contributed by atoms with E-state index in [-0.39, 0.29) is 13.2 Å². The van der Waals surface area contributed by atoms with Gasteiger partial charge in [0.1, 0.15) is 0 Å². The zero-order valence-corrected chi connectivity index (χ0v) is 10.8. The van der Waals surface area contributed by atoms with Gasteiger partial charge in [0.2, 0.25) is 0 Å². The number of halogens is 3. The van der Waals surface area contributed by atoms with Gasteiger partial charge in [0.15, 0.2) is 0 Å². The quantitative estimate of drug-likeness (QED) is 0.532. The first-order valence-electron chi connectivity index (χ1n) is 5.22. The van der Waals surface area contributed by atoms with Crippen molar-refractivity contribution in [1.29, 1.82) is 0 Å². The lowest BCUT2D eigenvalue weighted by Crippen LogP contribution is -2.31. The Morgan fingerprint density at radius 2 is 1.94 bits per heavy atom. The summed E-state index contributed by atoms with van der Waals surface area (Å²) in [4.78, 5) is 0. The van der Waals surface area contributed by atoms with Crippen LogP contribution in [0.5, 0.6) is 0 Å².